The van der Waals surface area contributed by atoms with Crippen LogP contribution in [0.1, 0.15) is 34.1 Å². The molecule has 1 rings (SSSR count). The Bertz CT molecular complexity index is 221. The Morgan fingerprint density at radius 1 is 1.16 bits per heavy atom. The van der Waals surface area contributed by atoms with Crippen LogP contribution >= 0.6 is 0 Å². The normalized spacial score (nSPS) is 16.6. The van der Waals surface area contributed by atoms with Crippen LogP contribution in [0.3, 0.4) is 0 Å². The van der Waals surface area contributed by atoms with Gasteiger partial charge in [-0.25, -0.2) is 0 Å². The van der Waals surface area contributed by atoms with Crippen LogP contribution in [-0.2, 0) is 4.84 Å². The van der Waals surface area contributed by atoms with E-state index in [0.29, 0.717) is 0 Å². The predicted octanol–water partition coefficient (Wildman–Crippen LogP) is 2.86. The Morgan fingerprint density at radius 3 is 2.11 bits per heavy atom. The summed E-state index contributed by atoms with van der Waals surface area (Å²) in [6, 6.07) is 0. The van der Waals surface area contributed by atoms with Gasteiger partial charge in [0.25, 0.3) is 0 Å². The largest absolute Gasteiger partial charge is 0.399 e. The van der Waals surface area contributed by atoms with E-state index < -0.39 is 0 Å². The lowest BCUT2D eigenvalue weighted by molar-refractivity contribution is 0.156. The van der Waals surface area contributed by atoms with Crippen LogP contribution in [0.5, 0.6) is 0 Å². The van der Waals surface area contributed by atoms with Crippen molar-refractivity contribution in [3.05, 3.63) is 12.7 Å². The molecular weight excluding hydrogens is 238 g/mol. The second-order valence-corrected chi connectivity index (χ2v) is 3.86. The third kappa shape index (κ3) is 10.7. The summed E-state index contributed by atoms with van der Waals surface area (Å²) in [6.07, 6.45) is 2.68. The zero-order valence-corrected chi connectivity index (χ0v) is 13.8. The number of nitrogens with zero attached hydrogens (tertiary/aromatic N) is 3. The molecule has 0 atom stereocenters. The van der Waals surface area contributed by atoms with Crippen LogP contribution in [0, 0.1) is 0 Å². The van der Waals surface area contributed by atoms with E-state index in [4.69, 9.17) is 4.84 Å². The first-order valence-electron chi connectivity index (χ1n) is 7.39. The molecule has 1 fully saturated rings. The quantitative estimate of drug-likeness (QED) is 0.568. The molecule has 114 valence electrons. The minimum Gasteiger partial charge on any atom is -0.399 e. The molecule has 0 radical (unpaired) electrons. The first kappa shape index (κ1) is 20.4. The molecular formula is C15H33N3O. The molecule has 0 aromatic rings. The lowest BCUT2D eigenvalue weighted by atomic mass is 10.2. The maximum absolute atomic E-state index is 4.74. The molecule has 4 heteroatoms. The van der Waals surface area contributed by atoms with Gasteiger partial charge >= 0.3 is 0 Å². The number of oxime groups is 1. The minimum absolute atomic E-state index is 0.918. The van der Waals surface area contributed by atoms with Gasteiger partial charge < -0.3 is 14.6 Å². The van der Waals surface area contributed by atoms with E-state index in [1.165, 1.54) is 0 Å². The fourth-order valence-corrected chi connectivity index (χ4v) is 1.65. The van der Waals surface area contributed by atoms with Gasteiger partial charge in [-0.15, -0.1) is 0 Å². The van der Waals surface area contributed by atoms with Gasteiger partial charge in [0, 0.05) is 39.1 Å². The Labute approximate surface area is 120 Å². The monoisotopic (exact) mass is 271 g/mol. The molecule has 0 spiro atoms. The maximum Gasteiger partial charge on any atom is 0.106 e. The molecule has 0 aliphatic carbocycles. The number of piperazine rings is 1. The molecule has 1 saturated heterocycles. The van der Waals surface area contributed by atoms with Gasteiger partial charge in [-0.05, 0) is 13.1 Å². The van der Waals surface area contributed by atoms with Gasteiger partial charge in [-0.3, -0.25) is 0 Å². The lowest BCUT2D eigenvalue weighted by Crippen LogP contribution is -2.44. The lowest BCUT2D eigenvalue weighted by Gasteiger charge is -2.32. The zero-order valence-electron chi connectivity index (χ0n) is 13.8. The first-order valence-corrected chi connectivity index (χ1v) is 7.39. The van der Waals surface area contributed by atoms with Crippen LogP contribution in [0.2, 0.25) is 0 Å². The fourth-order valence-electron chi connectivity index (χ4n) is 1.65. The van der Waals surface area contributed by atoms with Gasteiger partial charge in [0.15, 0.2) is 0 Å². The summed E-state index contributed by atoms with van der Waals surface area (Å²) >= 11 is 0. The summed E-state index contributed by atoms with van der Waals surface area (Å²) in [6.45, 7) is 17.4. The number of allylic oxidation sites excluding steroid dienone is 1. The summed E-state index contributed by atoms with van der Waals surface area (Å²) in [5, 5.41) is 3.90. The summed E-state index contributed by atoms with van der Waals surface area (Å²) in [5.41, 5.74) is 0.927. The molecule has 19 heavy (non-hydrogen) atoms. The van der Waals surface area contributed by atoms with E-state index >= 15 is 0 Å². The summed E-state index contributed by atoms with van der Waals surface area (Å²) in [7, 11) is 3.73. The molecule has 0 aromatic carbocycles. The molecule has 1 aliphatic heterocycles. The van der Waals surface area contributed by atoms with Crippen LogP contribution in [-0.4, -0.2) is 62.4 Å². The van der Waals surface area contributed by atoms with E-state index in [1.807, 2.05) is 27.7 Å². The Kier molecular flexibility index (Phi) is 16.3. The van der Waals surface area contributed by atoms with E-state index in [-0.39, 0.29) is 0 Å². The second kappa shape index (κ2) is 15.2. The molecule has 4 nitrogen and oxygen atoms in total. The van der Waals surface area contributed by atoms with Gasteiger partial charge in [-0.1, -0.05) is 39.4 Å². The SMILES string of the molecule is C=C/C(CCN1CCN(C)CC1)=N\OC.CC.CC. The van der Waals surface area contributed by atoms with Crippen molar-refractivity contribution in [2.45, 2.75) is 34.1 Å². The number of rotatable bonds is 5. The molecule has 1 heterocycles. The highest BCUT2D eigenvalue weighted by atomic mass is 16.6. The van der Waals surface area contributed by atoms with E-state index in [9.17, 15) is 0 Å². The van der Waals surface area contributed by atoms with Crippen molar-refractivity contribution in [2.24, 2.45) is 5.16 Å². The van der Waals surface area contributed by atoms with Crippen molar-refractivity contribution in [2.75, 3.05) is 46.9 Å². The van der Waals surface area contributed by atoms with Crippen LogP contribution in [0.4, 0.5) is 0 Å². The molecule has 0 unspecified atom stereocenters. The van der Waals surface area contributed by atoms with E-state index in [2.05, 4.69) is 28.6 Å². The fraction of sp³-hybridized carbons (Fsp3) is 0.800. The van der Waals surface area contributed by atoms with E-state index in [1.54, 1.807) is 13.2 Å². The number of hydrogen-bond donors (Lipinski definition) is 0. The van der Waals surface area contributed by atoms with Gasteiger partial charge in [0.1, 0.15) is 7.11 Å². The maximum atomic E-state index is 4.74. The second-order valence-electron chi connectivity index (χ2n) is 3.86. The third-order valence-electron chi connectivity index (χ3n) is 2.72. The van der Waals surface area contributed by atoms with Crippen molar-refractivity contribution in [1.29, 1.82) is 0 Å². The smallest absolute Gasteiger partial charge is 0.106 e. The van der Waals surface area contributed by atoms with Crippen molar-refractivity contribution >= 4 is 5.71 Å². The molecule has 0 amide bonds. The Balaban J connectivity index is 0. The van der Waals surface area contributed by atoms with Gasteiger partial charge in [-0.2, -0.15) is 0 Å². The van der Waals surface area contributed by atoms with Gasteiger partial charge in [0.05, 0.1) is 5.71 Å². The summed E-state index contributed by atoms with van der Waals surface area (Å²) in [4.78, 5) is 9.55. The molecule has 1 aliphatic rings. The van der Waals surface area contributed by atoms with Crippen LogP contribution in [0.15, 0.2) is 17.8 Å². The molecule has 0 saturated carbocycles. The van der Waals surface area contributed by atoms with Crippen molar-refractivity contribution in [1.82, 2.24) is 9.80 Å². The van der Waals surface area contributed by atoms with Crippen LogP contribution < -0.4 is 0 Å². The van der Waals surface area contributed by atoms with Crippen LogP contribution in [0.25, 0.3) is 0 Å². The standard InChI is InChI=1S/C11H21N3O.2C2H6/c1-4-11(12-15-3)5-6-14-9-7-13(2)8-10-14;2*1-2/h4H,1,5-10H2,2-3H3;2*1-2H3/b12-11+;;. The minimum atomic E-state index is 0.918. The third-order valence-corrected chi connectivity index (χ3v) is 2.72. The van der Waals surface area contributed by atoms with Crippen molar-refractivity contribution < 1.29 is 4.84 Å². The van der Waals surface area contributed by atoms with E-state index in [0.717, 1.165) is 44.9 Å². The highest BCUT2D eigenvalue weighted by Crippen LogP contribution is 2.01. The molecule has 0 aromatic heterocycles. The molecule has 0 N–H and O–H groups in total. The van der Waals surface area contributed by atoms with Crippen molar-refractivity contribution in [3.8, 4) is 0 Å². The first-order chi connectivity index (χ1) is 9.26. The average Bonchev–Trinajstić information content (AvgIpc) is 2.49. The topological polar surface area (TPSA) is 28.1 Å². The highest BCUT2D eigenvalue weighted by Gasteiger charge is 2.13. The average molecular weight is 271 g/mol. The highest BCUT2D eigenvalue weighted by molar-refractivity contribution is 5.94. The van der Waals surface area contributed by atoms with Gasteiger partial charge in [0.2, 0.25) is 0 Å². The summed E-state index contributed by atoms with van der Waals surface area (Å²) in [5.74, 6) is 0. The Hall–Kier alpha value is -0.870. The molecule has 0 bridgehead atoms. The Morgan fingerprint density at radius 2 is 1.68 bits per heavy atom. The zero-order chi connectivity index (χ0) is 15.1. The predicted molar refractivity (Wildman–Crippen MR) is 85.9 cm³/mol. The number of likely N-dealkylation sites (N-methyl/N-ethyl adjacent to an activating group) is 1. The van der Waals surface area contributed by atoms with Crippen molar-refractivity contribution in [3.63, 3.8) is 0 Å². The number of hydrogen-bond acceptors (Lipinski definition) is 4. The summed E-state index contributed by atoms with van der Waals surface area (Å²) < 4.78 is 0.